The van der Waals surface area contributed by atoms with Gasteiger partial charge in [0.15, 0.2) is 0 Å². The molecular weight excluding hydrogens is 276 g/mol. The van der Waals surface area contributed by atoms with Gasteiger partial charge in [-0.2, -0.15) is 5.26 Å². The second-order valence-corrected chi connectivity index (χ2v) is 5.69. The van der Waals surface area contributed by atoms with E-state index in [1.165, 1.54) is 25.7 Å². The van der Waals surface area contributed by atoms with E-state index in [1.54, 1.807) is 0 Å². The summed E-state index contributed by atoms with van der Waals surface area (Å²) in [5, 5.41) is 12.6. The molecular formula is C14H17BrN2. The number of anilines is 1. The molecule has 2 nitrogen and oxygen atoms in total. The molecule has 0 atom stereocenters. The predicted molar refractivity (Wildman–Crippen MR) is 73.9 cm³/mol. The Labute approximate surface area is 111 Å². The Hall–Kier alpha value is -1.01. The van der Waals surface area contributed by atoms with Gasteiger partial charge in [0, 0.05) is 11.0 Å². The van der Waals surface area contributed by atoms with Gasteiger partial charge in [-0.15, -0.1) is 0 Å². The minimum Gasteiger partial charge on any atom is -0.383 e. The molecule has 0 bridgehead atoms. The fraction of sp³-hybridized carbons (Fsp3) is 0.500. The van der Waals surface area contributed by atoms with E-state index in [1.807, 2.05) is 18.2 Å². The van der Waals surface area contributed by atoms with Crippen LogP contribution in [-0.2, 0) is 0 Å². The van der Waals surface area contributed by atoms with E-state index in [4.69, 9.17) is 5.26 Å². The van der Waals surface area contributed by atoms with E-state index in [0.717, 1.165) is 16.7 Å². The zero-order chi connectivity index (χ0) is 12.3. The van der Waals surface area contributed by atoms with Crippen molar-refractivity contribution in [3.63, 3.8) is 0 Å². The zero-order valence-electron chi connectivity index (χ0n) is 10.1. The Bertz CT molecular complexity index is 439. The quantitative estimate of drug-likeness (QED) is 0.897. The van der Waals surface area contributed by atoms with Gasteiger partial charge >= 0.3 is 0 Å². The molecule has 1 aliphatic carbocycles. The fourth-order valence-corrected chi connectivity index (χ4v) is 2.85. The lowest BCUT2D eigenvalue weighted by Crippen LogP contribution is -2.36. The van der Waals surface area contributed by atoms with E-state index in [-0.39, 0.29) is 0 Å². The summed E-state index contributed by atoms with van der Waals surface area (Å²) in [6, 6.07) is 8.09. The van der Waals surface area contributed by atoms with Crippen LogP contribution in [0.5, 0.6) is 0 Å². The molecule has 0 saturated heterocycles. The van der Waals surface area contributed by atoms with Gasteiger partial charge in [0.05, 0.1) is 11.3 Å². The summed E-state index contributed by atoms with van der Waals surface area (Å²) in [7, 11) is 0. The highest BCUT2D eigenvalue weighted by Crippen LogP contribution is 2.43. The van der Waals surface area contributed by atoms with Crippen LogP contribution in [0.3, 0.4) is 0 Å². The van der Waals surface area contributed by atoms with E-state index >= 15 is 0 Å². The molecule has 90 valence electrons. The maximum absolute atomic E-state index is 9.14. The summed E-state index contributed by atoms with van der Waals surface area (Å²) in [5.74, 6) is 0. The Morgan fingerprint density at radius 1 is 1.47 bits per heavy atom. The second-order valence-electron chi connectivity index (χ2n) is 4.83. The summed E-state index contributed by atoms with van der Waals surface area (Å²) in [4.78, 5) is 0. The molecule has 1 N–H and O–H groups in total. The normalized spacial score (nSPS) is 17.0. The fourth-order valence-electron chi connectivity index (χ4n) is 2.40. The molecule has 0 radical (unpaired) electrons. The zero-order valence-corrected chi connectivity index (χ0v) is 11.7. The third kappa shape index (κ3) is 2.47. The third-order valence-electron chi connectivity index (χ3n) is 3.94. The van der Waals surface area contributed by atoms with Crippen LogP contribution in [0.25, 0.3) is 0 Å². The lowest BCUT2D eigenvalue weighted by Gasteiger charge is -2.41. The molecule has 1 saturated carbocycles. The first-order valence-electron chi connectivity index (χ1n) is 6.13. The first-order valence-corrected chi connectivity index (χ1v) is 6.92. The van der Waals surface area contributed by atoms with Crippen molar-refractivity contribution >= 4 is 21.6 Å². The molecule has 0 unspecified atom stereocenters. The minimum absolute atomic E-state index is 0.467. The van der Waals surface area contributed by atoms with Crippen molar-refractivity contribution < 1.29 is 0 Å². The van der Waals surface area contributed by atoms with Gasteiger partial charge in [-0.3, -0.25) is 0 Å². The minimum atomic E-state index is 0.467. The summed E-state index contributed by atoms with van der Waals surface area (Å²) in [6.45, 7) is 3.24. The van der Waals surface area contributed by atoms with E-state index in [0.29, 0.717) is 11.0 Å². The highest BCUT2D eigenvalue weighted by Gasteiger charge is 2.34. The average molecular weight is 293 g/mol. The number of nitriles is 1. The van der Waals surface area contributed by atoms with Crippen LogP contribution in [0.1, 0.15) is 38.2 Å². The number of halogens is 1. The maximum atomic E-state index is 9.14. The van der Waals surface area contributed by atoms with Gasteiger partial charge in [-0.25, -0.2) is 0 Å². The molecule has 0 aromatic heterocycles. The van der Waals surface area contributed by atoms with Crippen LogP contribution in [0.4, 0.5) is 5.69 Å². The molecule has 1 aliphatic rings. The van der Waals surface area contributed by atoms with Crippen molar-refractivity contribution in [1.82, 2.24) is 0 Å². The van der Waals surface area contributed by atoms with Gasteiger partial charge in [0.25, 0.3) is 0 Å². The van der Waals surface area contributed by atoms with E-state index in [9.17, 15) is 0 Å². The van der Waals surface area contributed by atoms with Gasteiger partial charge < -0.3 is 5.32 Å². The predicted octanol–water partition coefficient (Wildman–Crippen LogP) is 4.31. The first-order chi connectivity index (χ1) is 8.21. The van der Waals surface area contributed by atoms with Crippen molar-refractivity contribution in [2.45, 2.75) is 32.6 Å². The van der Waals surface area contributed by atoms with Crippen molar-refractivity contribution in [2.75, 3.05) is 11.9 Å². The Balaban J connectivity index is 2.09. The van der Waals surface area contributed by atoms with E-state index in [2.05, 4.69) is 34.2 Å². The second kappa shape index (κ2) is 5.10. The Morgan fingerprint density at radius 2 is 2.24 bits per heavy atom. The van der Waals surface area contributed by atoms with Crippen molar-refractivity contribution in [1.29, 1.82) is 5.26 Å². The molecule has 1 aromatic rings. The van der Waals surface area contributed by atoms with Crippen molar-refractivity contribution in [3.05, 3.63) is 28.2 Å². The summed E-state index contributed by atoms with van der Waals surface area (Å²) >= 11 is 3.41. The lowest BCUT2D eigenvalue weighted by atomic mass is 9.67. The molecule has 0 aliphatic heterocycles. The van der Waals surface area contributed by atoms with Crippen LogP contribution in [0.2, 0.25) is 0 Å². The van der Waals surface area contributed by atoms with Gasteiger partial charge in [-0.1, -0.05) is 19.4 Å². The highest BCUT2D eigenvalue weighted by molar-refractivity contribution is 9.10. The van der Waals surface area contributed by atoms with Gasteiger partial charge in [0.2, 0.25) is 0 Å². The van der Waals surface area contributed by atoms with Crippen LogP contribution >= 0.6 is 15.9 Å². The number of hydrogen-bond donors (Lipinski definition) is 1. The Kier molecular flexibility index (Phi) is 3.73. The number of hydrogen-bond acceptors (Lipinski definition) is 2. The van der Waals surface area contributed by atoms with Crippen molar-refractivity contribution in [2.24, 2.45) is 5.41 Å². The molecule has 0 spiro atoms. The number of nitrogens with zero attached hydrogens (tertiary/aromatic N) is 1. The van der Waals surface area contributed by atoms with Crippen LogP contribution in [-0.4, -0.2) is 6.54 Å². The molecule has 1 fully saturated rings. The number of benzene rings is 1. The monoisotopic (exact) mass is 292 g/mol. The Morgan fingerprint density at radius 3 is 2.76 bits per heavy atom. The topological polar surface area (TPSA) is 35.8 Å². The van der Waals surface area contributed by atoms with Crippen molar-refractivity contribution in [3.8, 4) is 6.07 Å². The van der Waals surface area contributed by atoms with Crippen LogP contribution in [0, 0.1) is 16.7 Å². The molecule has 3 heteroatoms. The maximum Gasteiger partial charge on any atom is 0.103 e. The van der Waals surface area contributed by atoms with E-state index < -0.39 is 0 Å². The third-order valence-corrected chi connectivity index (χ3v) is 4.60. The SMILES string of the molecule is CCC1(CNc2cccc(Br)c2C#N)CCC1. The summed E-state index contributed by atoms with van der Waals surface area (Å²) in [5.41, 5.74) is 2.12. The molecule has 17 heavy (non-hydrogen) atoms. The molecule has 2 rings (SSSR count). The summed E-state index contributed by atoms with van der Waals surface area (Å²) < 4.78 is 0.865. The smallest absolute Gasteiger partial charge is 0.103 e. The number of nitrogens with one attached hydrogen (secondary N) is 1. The number of rotatable bonds is 4. The van der Waals surface area contributed by atoms with Gasteiger partial charge in [-0.05, 0) is 52.7 Å². The standard InChI is InChI=1S/C14H17BrN2/c1-2-14(7-4-8-14)10-17-13-6-3-5-12(15)11(13)9-16/h3,5-6,17H,2,4,7-8,10H2,1H3. The highest BCUT2D eigenvalue weighted by atomic mass is 79.9. The largest absolute Gasteiger partial charge is 0.383 e. The first kappa shape index (κ1) is 12.4. The molecule has 0 amide bonds. The van der Waals surface area contributed by atoms with Gasteiger partial charge in [0.1, 0.15) is 6.07 Å². The summed E-state index contributed by atoms with van der Waals surface area (Å²) in [6.07, 6.45) is 5.19. The average Bonchev–Trinajstić information content (AvgIpc) is 2.28. The molecule has 1 aromatic carbocycles. The lowest BCUT2D eigenvalue weighted by molar-refractivity contribution is 0.145. The molecule has 0 heterocycles. The van der Waals surface area contributed by atoms with Crippen LogP contribution < -0.4 is 5.32 Å². The van der Waals surface area contributed by atoms with Crippen LogP contribution in [0.15, 0.2) is 22.7 Å².